The fraction of sp³-hybridized carbons (Fsp3) is 0.391. The monoisotopic (exact) mass is 460 g/mol. The van der Waals surface area contributed by atoms with Gasteiger partial charge in [0, 0.05) is 24.7 Å². The highest BCUT2D eigenvalue weighted by Gasteiger charge is 2.34. The first-order valence-corrected chi connectivity index (χ1v) is 12.0. The van der Waals surface area contributed by atoms with Crippen molar-refractivity contribution in [3.8, 4) is 5.75 Å². The van der Waals surface area contributed by atoms with Crippen LogP contribution in [0.5, 0.6) is 5.75 Å². The van der Waals surface area contributed by atoms with Crippen LogP contribution in [0, 0.1) is 0 Å². The van der Waals surface area contributed by atoms with Crippen LogP contribution in [0.15, 0.2) is 53.4 Å². The number of hydrogen-bond acceptors (Lipinski definition) is 6. The molecule has 3 rings (SSSR count). The predicted molar refractivity (Wildman–Crippen MR) is 120 cm³/mol. The molecule has 1 N–H and O–H groups in total. The number of carbonyl (C=O) groups excluding carboxylic acids is 2. The van der Waals surface area contributed by atoms with E-state index in [-0.39, 0.29) is 23.8 Å². The van der Waals surface area contributed by atoms with Crippen LogP contribution in [0.25, 0.3) is 0 Å². The predicted octanol–water partition coefficient (Wildman–Crippen LogP) is 3.44. The van der Waals surface area contributed by atoms with Gasteiger partial charge in [-0.05, 0) is 68.3 Å². The van der Waals surface area contributed by atoms with E-state index in [2.05, 4.69) is 5.32 Å². The molecule has 1 aliphatic heterocycles. The molecule has 0 spiro atoms. The summed E-state index contributed by atoms with van der Waals surface area (Å²) in [6.07, 6.45) is 2.28. The van der Waals surface area contributed by atoms with Gasteiger partial charge in [-0.15, -0.1) is 0 Å². The number of nitrogens with one attached hydrogen (secondary N) is 1. The molecule has 2 aromatic carbocycles. The van der Waals surface area contributed by atoms with Gasteiger partial charge in [-0.25, -0.2) is 13.2 Å². The lowest BCUT2D eigenvalue weighted by atomic mass is 10.0. The Balaban J connectivity index is 1.67. The number of nitrogens with zero attached hydrogens (tertiary/aromatic N) is 1. The fourth-order valence-electron chi connectivity index (χ4n) is 3.71. The van der Waals surface area contributed by atoms with Crippen LogP contribution in [0.3, 0.4) is 0 Å². The van der Waals surface area contributed by atoms with Crippen molar-refractivity contribution < 1.29 is 27.5 Å². The third-order valence-electron chi connectivity index (χ3n) is 5.34. The summed E-state index contributed by atoms with van der Waals surface area (Å²) >= 11 is 0. The number of methoxy groups -OCH3 is 1. The second-order valence-corrected chi connectivity index (χ2v) is 9.38. The van der Waals surface area contributed by atoms with Crippen LogP contribution in [-0.2, 0) is 19.6 Å². The molecule has 8 nitrogen and oxygen atoms in total. The number of anilines is 1. The van der Waals surface area contributed by atoms with E-state index in [9.17, 15) is 18.0 Å². The lowest BCUT2D eigenvalue weighted by Gasteiger charge is -2.34. The molecule has 1 fully saturated rings. The molecule has 2 aromatic rings. The summed E-state index contributed by atoms with van der Waals surface area (Å²) in [5, 5.41) is 2.79. The second kappa shape index (κ2) is 10.6. The first kappa shape index (κ1) is 23.7. The van der Waals surface area contributed by atoms with Crippen molar-refractivity contribution in [2.45, 2.75) is 43.5 Å². The number of piperidine rings is 1. The van der Waals surface area contributed by atoms with Crippen LogP contribution in [0.2, 0.25) is 0 Å². The standard InChI is InChI=1S/C23H28N2O6S/c1-3-31-23(27)17-7-9-18(10-8-17)24-22(26)16-19-6-4-5-15-25(19)32(28,29)21-13-11-20(30-2)12-14-21/h7-14,19H,3-6,15-16H2,1-2H3,(H,24,26)/t19-/m1/s1. The summed E-state index contributed by atoms with van der Waals surface area (Å²) < 4.78 is 37.9. The van der Waals surface area contributed by atoms with Crippen molar-refractivity contribution in [3.63, 3.8) is 0 Å². The summed E-state index contributed by atoms with van der Waals surface area (Å²) in [5.74, 6) is -0.129. The Bertz CT molecular complexity index is 1040. The van der Waals surface area contributed by atoms with Gasteiger partial charge in [-0.1, -0.05) is 6.42 Å². The van der Waals surface area contributed by atoms with Crippen molar-refractivity contribution in [3.05, 3.63) is 54.1 Å². The maximum Gasteiger partial charge on any atom is 0.338 e. The molecule has 1 amide bonds. The van der Waals surface area contributed by atoms with Gasteiger partial charge < -0.3 is 14.8 Å². The van der Waals surface area contributed by atoms with Crippen molar-refractivity contribution in [1.82, 2.24) is 4.31 Å². The highest BCUT2D eigenvalue weighted by molar-refractivity contribution is 7.89. The highest BCUT2D eigenvalue weighted by Crippen LogP contribution is 2.28. The van der Waals surface area contributed by atoms with Gasteiger partial charge in [0.1, 0.15) is 5.75 Å². The quantitative estimate of drug-likeness (QED) is 0.606. The lowest BCUT2D eigenvalue weighted by Crippen LogP contribution is -2.45. The van der Waals surface area contributed by atoms with E-state index >= 15 is 0 Å². The number of carbonyl (C=O) groups is 2. The first-order valence-electron chi connectivity index (χ1n) is 10.6. The SMILES string of the molecule is CCOC(=O)c1ccc(NC(=O)C[C@H]2CCCCN2S(=O)(=O)c2ccc(OC)cc2)cc1. The molecule has 0 aromatic heterocycles. The average molecular weight is 461 g/mol. The van der Waals surface area contributed by atoms with Gasteiger partial charge in [0.25, 0.3) is 0 Å². The molecule has 9 heteroatoms. The Labute approximate surface area is 188 Å². The van der Waals surface area contributed by atoms with Crippen LogP contribution in [0.4, 0.5) is 5.69 Å². The molecular weight excluding hydrogens is 432 g/mol. The molecular formula is C23H28N2O6S. The first-order chi connectivity index (χ1) is 15.3. The Morgan fingerprint density at radius 2 is 1.75 bits per heavy atom. The zero-order valence-electron chi connectivity index (χ0n) is 18.2. The van der Waals surface area contributed by atoms with E-state index in [0.717, 1.165) is 12.8 Å². The highest BCUT2D eigenvalue weighted by atomic mass is 32.2. The molecule has 1 atom stereocenters. The number of rotatable bonds is 8. The van der Waals surface area contributed by atoms with E-state index in [0.29, 0.717) is 30.0 Å². The average Bonchev–Trinajstić information content (AvgIpc) is 2.80. The number of amides is 1. The van der Waals surface area contributed by atoms with Crippen molar-refractivity contribution in [2.75, 3.05) is 25.6 Å². The smallest absolute Gasteiger partial charge is 0.338 e. The summed E-state index contributed by atoms with van der Waals surface area (Å²) in [6.45, 7) is 2.39. The zero-order chi connectivity index (χ0) is 23.1. The molecule has 1 heterocycles. The Kier molecular flexibility index (Phi) is 7.87. The number of hydrogen-bond donors (Lipinski definition) is 1. The van der Waals surface area contributed by atoms with E-state index in [1.54, 1.807) is 43.3 Å². The van der Waals surface area contributed by atoms with Gasteiger partial charge >= 0.3 is 5.97 Å². The normalized spacial score (nSPS) is 16.9. The molecule has 0 aliphatic carbocycles. The van der Waals surface area contributed by atoms with E-state index in [4.69, 9.17) is 9.47 Å². The molecule has 0 unspecified atom stereocenters. The third-order valence-corrected chi connectivity index (χ3v) is 7.31. The third kappa shape index (κ3) is 5.66. The molecule has 1 aliphatic rings. The number of ether oxygens (including phenoxy) is 2. The van der Waals surface area contributed by atoms with Gasteiger partial charge in [0.2, 0.25) is 15.9 Å². The second-order valence-electron chi connectivity index (χ2n) is 7.49. The van der Waals surface area contributed by atoms with Gasteiger partial charge in [-0.3, -0.25) is 4.79 Å². The Morgan fingerprint density at radius 1 is 1.06 bits per heavy atom. The van der Waals surface area contributed by atoms with Crippen molar-refractivity contribution >= 4 is 27.6 Å². The maximum atomic E-state index is 13.2. The largest absolute Gasteiger partial charge is 0.497 e. The topological polar surface area (TPSA) is 102 Å². The summed E-state index contributed by atoms with van der Waals surface area (Å²) in [4.78, 5) is 24.6. The molecule has 0 radical (unpaired) electrons. The summed E-state index contributed by atoms with van der Waals surface area (Å²) in [7, 11) is -2.21. The van der Waals surface area contributed by atoms with Crippen LogP contribution in [0.1, 0.15) is 43.0 Å². The molecule has 0 bridgehead atoms. The van der Waals surface area contributed by atoms with Gasteiger partial charge in [0.15, 0.2) is 0 Å². The summed E-state index contributed by atoms with van der Waals surface area (Å²) in [5.41, 5.74) is 0.928. The minimum atomic E-state index is -3.73. The molecule has 0 saturated carbocycles. The summed E-state index contributed by atoms with van der Waals surface area (Å²) in [6, 6.07) is 12.2. The number of esters is 1. The van der Waals surface area contributed by atoms with Gasteiger partial charge in [0.05, 0.1) is 24.2 Å². The van der Waals surface area contributed by atoms with E-state index < -0.39 is 22.0 Å². The maximum absolute atomic E-state index is 13.2. The Hall–Kier alpha value is -2.91. The van der Waals surface area contributed by atoms with Crippen molar-refractivity contribution in [1.29, 1.82) is 0 Å². The minimum absolute atomic E-state index is 0.0506. The minimum Gasteiger partial charge on any atom is -0.497 e. The van der Waals surface area contributed by atoms with Gasteiger partial charge in [-0.2, -0.15) is 4.31 Å². The van der Waals surface area contributed by atoms with Crippen LogP contribution < -0.4 is 10.1 Å². The fourth-order valence-corrected chi connectivity index (χ4v) is 5.40. The molecule has 172 valence electrons. The lowest BCUT2D eigenvalue weighted by molar-refractivity contribution is -0.117. The van der Waals surface area contributed by atoms with Crippen LogP contribution in [-0.4, -0.2) is 50.9 Å². The van der Waals surface area contributed by atoms with E-state index in [1.807, 2.05) is 0 Å². The van der Waals surface area contributed by atoms with Crippen LogP contribution >= 0.6 is 0 Å². The molecule has 1 saturated heterocycles. The Morgan fingerprint density at radius 3 is 2.38 bits per heavy atom. The number of benzene rings is 2. The number of sulfonamides is 1. The zero-order valence-corrected chi connectivity index (χ0v) is 19.1. The van der Waals surface area contributed by atoms with E-state index in [1.165, 1.54) is 23.5 Å². The van der Waals surface area contributed by atoms with Crippen molar-refractivity contribution in [2.24, 2.45) is 0 Å². The molecule has 32 heavy (non-hydrogen) atoms.